The van der Waals surface area contributed by atoms with Gasteiger partial charge in [0.2, 0.25) is 0 Å². The number of nitrogens with one attached hydrogen (secondary N) is 1. The van der Waals surface area contributed by atoms with Gasteiger partial charge in [0, 0.05) is 6.04 Å². The van der Waals surface area contributed by atoms with Crippen LogP contribution in [-0.4, -0.2) is 58.7 Å². The molecule has 10 heteroatoms. The van der Waals surface area contributed by atoms with E-state index < -0.39 is 34.4 Å². The van der Waals surface area contributed by atoms with Crippen LogP contribution in [0.15, 0.2) is 12.1 Å². The van der Waals surface area contributed by atoms with Gasteiger partial charge in [-0.3, -0.25) is 4.79 Å². The van der Waals surface area contributed by atoms with E-state index in [1.54, 1.807) is 0 Å². The molecule has 1 N–H and O–H groups in total. The second-order valence-electron chi connectivity index (χ2n) is 5.44. The monoisotopic (exact) mass is 391 g/mol. The van der Waals surface area contributed by atoms with Gasteiger partial charge in [0.05, 0.1) is 36.3 Å². The maximum Gasteiger partial charge on any atom is 0.338 e. The van der Waals surface area contributed by atoms with Crippen LogP contribution in [0.1, 0.15) is 16.8 Å². The fraction of sp³-hybridized carbons (Fsp3) is 0.467. The van der Waals surface area contributed by atoms with E-state index in [0.717, 1.165) is 0 Å². The van der Waals surface area contributed by atoms with Crippen molar-refractivity contribution in [3.05, 3.63) is 22.7 Å². The highest BCUT2D eigenvalue weighted by atomic mass is 35.5. The van der Waals surface area contributed by atoms with Crippen molar-refractivity contribution < 1.29 is 32.2 Å². The van der Waals surface area contributed by atoms with Gasteiger partial charge in [-0.25, -0.2) is 13.2 Å². The molecule has 1 aromatic carbocycles. The van der Waals surface area contributed by atoms with Crippen LogP contribution >= 0.6 is 11.6 Å². The van der Waals surface area contributed by atoms with Crippen LogP contribution in [0.2, 0.25) is 5.02 Å². The number of benzene rings is 1. The van der Waals surface area contributed by atoms with Gasteiger partial charge in [-0.2, -0.15) is 0 Å². The molecule has 0 bridgehead atoms. The summed E-state index contributed by atoms with van der Waals surface area (Å²) in [5.74, 6) is -0.859. The molecule has 8 nitrogen and oxygen atoms in total. The number of rotatable bonds is 6. The molecule has 1 aromatic rings. The molecule has 2 rings (SSSR count). The van der Waals surface area contributed by atoms with Crippen LogP contribution in [0.3, 0.4) is 0 Å². The predicted octanol–water partition coefficient (Wildman–Crippen LogP) is 0.817. The van der Waals surface area contributed by atoms with E-state index in [9.17, 15) is 18.0 Å². The van der Waals surface area contributed by atoms with Gasteiger partial charge in [-0.15, -0.1) is 0 Å². The highest BCUT2D eigenvalue weighted by molar-refractivity contribution is 7.91. The average Bonchev–Trinajstić information content (AvgIpc) is 2.90. The Kier molecular flexibility index (Phi) is 6.12. The topological polar surface area (TPSA) is 108 Å². The van der Waals surface area contributed by atoms with E-state index in [4.69, 9.17) is 25.8 Å². The van der Waals surface area contributed by atoms with Gasteiger partial charge >= 0.3 is 5.97 Å². The molecule has 0 radical (unpaired) electrons. The fourth-order valence-corrected chi connectivity index (χ4v) is 4.39. The Labute approximate surface area is 150 Å². The van der Waals surface area contributed by atoms with Crippen molar-refractivity contribution in [2.24, 2.45) is 0 Å². The molecule has 1 aliphatic rings. The van der Waals surface area contributed by atoms with Crippen LogP contribution in [0.5, 0.6) is 11.5 Å². The summed E-state index contributed by atoms with van der Waals surface area (Å²) in [7, 11) is -0.290. The minimum atomic E-state index is -3.10. The quantitative estimate of drug-likeness (QED) is 0.715. The fourth-order valence-electron chi connectivity index (χ4n) is 2.43. The molecule has 1 amide bonds. The first-order valence-electron chi connectivity index (χ1n) is 7.34. The third-order valence-corrected chi connectivity index (χ3v) is 5.65. The minimum Gasteiger partial charge on any atom is -0.493 e. The molecular formula is C15H18ClNO7S. The van der Waals surface area contributed by atoms with E-state index in [2.05, 4.69) is 5.32 Å². The number of carbonyl (C=O) groups is 2. The zero-order valence-electron chi connectivity index (χ0n) is 13.7. The van der Waals surface area contributed by atoms with Crippen molar-refractivity contribution in [1.29, 1.82) is 0 Å². The van der Waals surface area contributed by atoms with Gasteiger partial charge in [0.25, 0.3) is 5.91 Å². The molecule has 0 aromatic heterocycles. The molecular weight excluding hydrogens is 374 g/mol. The summed E-state index contributed by atoms with van der Waals surface area (Å²) in [6.07, 6.45) is 0.354. The Hall–Kier alpha value is -2.00. The van der Waals surface area contributed by atoms with Crippen molar-refractivity contribution in [2.45, 2.75) is 12.5 Å². The molecule has 0 unspecified atom stereocenters. The predicted molar refractivity (Wildman–Crippen MR) is 90.0 cm³/mol. The van der Waals surface area contributed by atoms with Gasteiger partial charge < -0.3 is 19.5 Å². The van der Waals surface area contributed by atoms with Crippen molar-refractivity contribution in [3.63, 3.8) is 0 Å². The lowest BCUT2D eigenvalue weighted by molar-refractivity contribution is -0.124. The smallest absolute Gasteiger partial charge is 0.338 e. The van der Waals surface area contributed by atoms with Crippen molar-refractivity contribution in [1.82, 2.24) is 5.32 Å². The lowest BCUT2D eigenvalue weighted by Gasteiger charge is -2.13. The van der Waals surface area contributed by atoms with Crippen LogP contribution in [0.25, 0.3) is 0 Å². The van der Waals surface area contributed by atoms with Crippen LogP contribution in [0, 0.1) is 0 Å². The highest BCUT2D eigenvalue weighted by Crippen LogP contribution is 2.36. The summed E-state index contributed by atoms with van der Waals surface area (Å²) in [5.41, 5.74) is 0.0962. The summed E-state index contributed by atoms with van der Waals surface area (Å²) in [6.45, 7) is -0.526. The van der Waals surface area contributed by atoms with Crippen molar-refractivity contribution in [2.75, 3.05) is 32.3 Å². The summed E-state index contributed by atoms with van der Waals surface area (Å²) in [6, 6.07) is 2.27. The normalized spacial score (nSPS) is 18.4. The van der Waals surface area contributed by atoms with Crippen LogP contribution in [-0.2, 0) is 19.4 Å². The van der Waals surface area contributed by atoms with Gasteiger partial charge in [0.15, 0.2) is 27.9 Å². The Morgan fingerprint density at radius 2 is 2.00 bits per heavy atom. The zero-order chi connectivity index (χ0) is 18.6. The minimum absolute atomic E-state index is 0.0435. The molecule has 0 spiro atoms. The molecule has 1 atom stereocenters. The standard InChI is InChI=1S/C15H18ClNO7S/c1-22-12-6-9(5-11(16)14(12)23-2)15(19)24-7-13(18)17-10-3-4-25(20,21)8-10/h5-6,10H,3-4,7-8H2,1-2H3,(H,17,18)/t10-/m1/s1. The van der Waals surface area contributed by atoms with Gasteiger partial charge in [-0.1, -0.05) is 11.6 Å². The Morgan fingerprint density at radius 1 is 1.28 bits per heavy atom. The molecule has 1 aliphatic heterocycles. The number of carbonyl (C=O) groups excluding carboxylic acids is 2. The van der Waals surface area contributed by atoms with E-state index >= 15 is 0 Å². The number of esters is 1. The molecule has 1 fully saturated rings. The molecule has 0 aliphatic carbocycles. The number of methoxy groups -OCH3 is 2. The largest absolute Gasteiger partial charge is 0.493 e. The number of halogens is 1. The maximum atomic E-state index is 12.1. The first-order chi connectivity index (χ1) is 11.8. The number of ether oxygens (including phenoxy) is 3. The Morgan fingerprint density at radius 3 is 2.56 bits per heavy atom. The van der Waals surface area contributed by atoms with Crippen LogP contribution in [0.4, 0.5) is 0 Å². The first kappa shape index (κ1) is 19.3. The summed E-state index contributed by atoms with van der Waals surface area (Å²) < 4.78 is 37.8. The number of hydrogen-bond acceptors (Lipinski definition) is 7. The van der Waals surface area contributed by atoms with E-state index in [1.807, 2.05) is 0 Å². The molecule has 25 heavy (non-hydrogen) atoms. The number of hydrogen-bond donors (Lipinski definition) is 1. The lowest BCUT2D eigenvalue weighted by atomic mass is 10.2. The van der Waals surface area contributed by atoms with Crippen LogP contribution < -0.4 is 14.8 Å². The van der Waals surface area contributed by atoms with E-state index in [-0.39, 0.29) is 33.6 Å². The van der Waals surface area contributed by atoms with Gasteiger partial charge in [-0.05, 0) is 18.6 Å². The molecule has 0 saturated carbocycles. The second kappa shape index (κ2) is 7.92. The Bertz CT molecular complexity index is 778. The van der Waals surface area contributed by atoms with E-state index in [0.29, 0.717) is 6.42 Å². The lowest BCUT2D eigenvalue weighted by Crippen LogP contribution is -2.38. The van der Waals surface area contributed by atoms with Crippen molar-refractivity contribution >= 4 is 33.3 Å². The zero-order valence-corrected chi connectivity index (χ0v) is 15.3. The summed E-state index contributed by atoms with van der Waals surface area (Å²) >= 11 is 6.01. The van der Waals surface area contributed by atoms with Gasteiger partial charge in [0.1, 0.15) is 0 Å². The second-order valence-corrected chi connectivity index (χ2v) is 8.07. The highest BCUT2D eigenvalue weighted by Gasteiger charge is 2.29. The van der Waals surface area contributed by atoms with E-state index in [1.165, 1.54) is 26.4 Å². The Balaban J connectivity index is 1.94. The molecule has 138 valence electrons. The molecule has 1 saturated heterocycles. The summed E-state index contributed by atoms with van der Waals surface area (Å²) in [4.78, 5) is 23.8. The average molecular weight is 392 g/mol. The number of amides is 1. The number of sulfone groups is 1. The first-order valence-corrected chi connectivity index (χ1v) is 9.54. The maximum absolute atomic E-state index is 12.1. The van der Waals surface area contributed by atoms with Crippen molar-refractivity contribution in [3.8, 4) is 11.5 Å². The molecule has 1 heterocycles. The third kappa shape index (κ3) is 4.99. The summed E-state index contributed by atoms with van der Waals surface area (Å²) in [5, 5.41) is 2.69. The SMILES string of the molecule is COc1cc(C(=O)OCC(=O)N[C@@H]2CCS(=O)(=O)C2)cc(Cl)c1OC. The third-order valence-electron chi connectivity index (χ3n) is 3.60.